The van der Waals surface area contributed by atoms with E-state index in [1.807, 2.05) is 55.4 Å². The summed E-state index contributed by atoms with van der Waals surface area (Å²) in [4.78, 5) is 69.3. The number of carboxylic acid groups (broad SMARTS) is 1. The fraction of sp³-hybridized carbons (Fsp3) is 0.739. The molecule has 1 fully saturated rings. The molecule has 1 unspecified atom stereocenters. The first-order chi connectivity index (χ1) is 39.2. The minimum Gasteiger partial charge on any atom is -0.507 e. The third kappa shape index (κ3) is 26.1. The Morgan fingerprint density at radius 3 is 1.19 bits per heavy atom. The Labute approximate surface area is 501 Å². The van der Waals surface area contributed by atoms with Crippen molar-refractivity contribution < 1.29 is 67.4 Å². The molecule has 0 bridgehead atoms. The zero-order valence-corrected chi connectivity index (χ0v) is 52.7. The molecule has 1 saturated heterocycles. The molecule has 83 heavy (non-hydrogen) atoms. The summed E-state index contributed by atoms with van der Waals surface area (Å²) in [5, 5.41) is 19.2. The Kier molecular flexibility index (Phi) is 36.2. The van der Waals surface area contributed by atoms with Gasteiger partial charge in [-0.2, -0.15) is 0 Å². The molecule has 3 heterocycles. The van der Waals surface area contributed by atoms with Crippen LogP contribution >= 0.6 is 0 Å². The van der Waals surface area contributed by atoms with Crippen LogP contribution in [0.2, 0.25) is 0 Å². The van der Waals surface area contributed by atoms with Crippen molar-refractivity contribution in [2.24, 2.45) is 0 Å². The van der Waals surface area contributed by atoms with Gasteiger partial charge < -0.3 is 38.6 Å². The van der Waals surface area contributed by atoms with Crippen molar-refractivity contribution in [3.05, 3.63) is 44.5 Å². The monoisotopic (exact) mass is 1160 g/mol. The molecule has 2 aromatic carbocycles. The lowest BCUT2D eigenvalue weighted by molar-refractivity contribution is -0.152. The predicted molar refractivity (Wildman–Crippen MR) is 330 cm³/mol. The molecule has 2 N–H and O–H groups in total. The molecule has 14 heteroatoms. The Morgan fingerprint density at radius 1 is 0.458 bits per heavy atom. The standard InChI is InChI=1S/C34H54O7.C30H50O4.C4H4O3.CH4/c1-6-7-8-9-13-16-23-39-24-17-14-11-10-12-15-18-29(35)34(5)22-21-28-27(4)32(25(2)26(3)33(28)41-34)40-31(38)20-19-30(36)37;1-6-7-8-9-13-16-21-33-22-17-14-11-10-12-15-18-27(31)30(5)20-19-26-25(4)28(32)23(2)24(3)29(26)34-30;5-3-1-2-4(6)7-3;/h6-24H2,1-5H3,(H,36,37);32H,6-22H2,1-5H3;1-2H2;1H4/t34-;;;/m0.../s1. The number of ether oxygens (including phenoxy) is 6. The summed E-state index contributed by atoms with van der Waals surface area (Å²) in [5.74, 6) is 0.322. The number of hydrogen-bond donors (Lipinski definition) is 2. The number of carboxylic acids is 1. The van der Waals surface area contributed by atoms with Crippen LogP contribution in [0.15, 0.2) is 0 Å². The number of rotatable bonds is 38. The summed E-state index contributed by atoms with van der Waals surface area (Å²) < 4.78 is 33.9. The van der Waals surface area contributed by atoms with E-state index in [-0.39, 0.29) is 44.7 Å². The summed E-state index contributed by atoms with van der Waals surface area (Å²) in [6.07, 6.45) is 32.9. The number of Topliss-reactive ketones (excluding diaryl/α,β-unsaturated/α-hetero) is 2. The Balaban J connectivity index is 0.000000506. The maximum Gasteiger partial charge on any atom is 0.314 e. The number of benzene rings is 2. The van der Waals surface area contributed by atoms with Crippen molar-refractivity contribution in [2.45, 2.75) is 306 Å². The van der Waals surface area contributed by atoms with Gasteiger partial charge in [-0.1, -0.05) is 137 Å². The topological polar surface area (TPSA) is 198 Å². The van der Waals surface area contributed by atoms with Gasteiger partial charge in [0.25, 0.3) is 0 Å². The second-order valence-corrected chi connectivity index (χ2v) is 23.8. The molecule has 3 aliphatic rings. The summed E-state index contributed by atoms with van der Waals surface area (Å²) in [7, 11) is 0. The fourth-order valence-electron chi connectivity index (χ4n) is 10.9. The van der Waals surface area contributed by atoms with Gasteiger partial charge in [-0.15, -0.1) is 0 Å². The maximum absolute atomic E-state index is 13.2. The fourth-order valence-corrected chi connectivity index (χ4v) is 10.9. The van der Waals surface area contributed by atoms with Gasteiger partial charge in [0.2, 0.25) is 0 Å². The van der Waals surface area contributed by atoms with E-state index in [2.05, 4.69) is 18.6 Å². The normalized spacial score (nSPS) is 16.8. The van der Waals surface area contributed by atoms with Crippen LogP contribution in [0.25, 0.3) is 0 Å². The number of esters is 3. The van der Waals surface area contributed by atoms with E-state index in [1.54, 1.807) is 0 Å². The van der Waals surface area contributed by atoms with Crippen LogP contribution in [-0.4, -0.2) is 83.3 Å². The molecular formula is C69H112O14. The first-order valence-electron chi connectivity index (χ1n) is 31.9. The number of ketones is 2. The zero-order chi connectivity index (χ0) is 60.5. The first-order valence-corrected chi connectivity index (χ1v) is 31.9. The lowest BCUT2D eigenvalue weighted by atomic mass is 9.84. The van der Waals surface area contributed by atoms with Gasteiger partial charge in [0, 0.05) is 50.4 Å². The van der Waals surface area contributed by atoms with Gasteiger partial charge >= 0.3 is 23.9 Å². The molecule has 472 valence electrons. The Bertz CT molecular complexity index is 2300. The van der Waals surface area contributed by atoms with E-state index in [1.165, 1.54) is 109 Å². The van der Waals surface area contributed by atoms with E-state index in [4.69, 9.17) is 28.8 Å². The SMILES string of the molecule is C.CCCCCCCCOCCCCCCCCC(=O)C1(C)CCc2c(C)c(O)c(C)c(C)c2O1.CCCCCCCCOCCCCCCCCC(=O)[C@]1(C)CCc2c(C)c(OC(=O)CCC(=O)O)c(C)c(C)c2O1.O=C1CCC(=O)O1. The van der Waals surface area contributed by atoms with Gasteiger partial charge in [-0.25, -0.2) is 0 Å². The van der Waals surface area contributed by atoms with Crippen LogP contribution in [0, 0.1) is 41.5 Å². The third-order valence-corrected chi connectivity index (χ3v) is 16.9. The van der Waals surface area contributed by atoms with Crippen LogP contribution in [-0.2, 0) is 55.8 Å². The summed E-state index contributed by atoms with van der Waals surface area (Å²) in [6.45, 7) is 23.4. The number of hydrogen-bond acceptors (Lipinski definition) is 13. The summed E-state index contributed by atoms with van der Waals surface area (Å²) in [6, 6.07) is 0. The highest BCUT2D eigenvalue weighted by molar-refractivity contribution is 5.92. The number of unbranched alkanes of at least 4 members (excludes halogenated alkanes) is 20. The number of cyclic esters (lactones) is 2. The van der Waals surface area contributed by atoms with Crippen LogP contribution in [0.5, 0.6) is 23.0 Å². The highest BCUT2D eigenvalue weighted by Crippen LogP contribution is 2.46. The van der Waals surface area contributed by atoms with E-state index in [0.29, 0.717) is 49.4 Å². The number of phenolic OH excluding ortho intramolecular Hbond substituents is 1. The lowest BCUT2D eigenvalue weighted by Gasteiger charge is -2.37. The molecule has 0 aliphatic carbocycles. The van der Waals surface area contributed by atoms with Crippen LogP contribution < -0.4 is 14.2 Å². The minimum absolute atomic E-state index is 0. The molecule has 2 aromatic rings. The quantitative estimate of drug-likeness (QED) is 0.0279. The molecule has 0 aromatic heterocycles. The van der Waals surface area contributed by atoms with Gasteiger partial charge in [0.1, 0.15) is 23.0 Å². The molecular weight excluding hydrogens is 1050 g/mol. The predicted octanol–water partition coefficient (Wildman–Crippen LogP) is 16.7. The van der Waals surface area contributed by atoms with Crippen LogP contribution in [0.1, 0.15) is 285 Å². The minimum atomic E-state index is -1.03. The van der Waals surface area contributed by atoms with E-state index >= 15 is 0 Å². The number of carbonyl (C=O) groups is 6. The van der Waals surface area contributed by atoms with Crippen molar-refractivity contribution >= 4 is 35.4 Å². The Morgan fingerprint density at radius 2 is 0.819 bits per heavy atom. The van der Waals surface area contributed by atoms with Gasteiger partial charge in [-0.05, 0) is 153 Å². The average molecular weight is 1170 g/mol. The molecule has 0 amide bonds. The second kappa shape index (κ2) is 40.5. The molecule has 0 radical (unpaired) electrons. The number of carbonyl (C=O) groups excluding carboxylic acids is 5. The van der Waals surface area contributed by atoms with Gasteiger partial charge in [0.05, 0.1) is 25.7 Å². The van der Waals surface area contributed by atoms with Crippen molar-refractivity contribution in [1.29, 1.82) is 0 Å². The summed E-state index contributed by atoms with van der Waals surface area (Å²) >= 11 is 0. The van der Waals surface area contributed by atoms with Crippen molar-refractivity contribution in [1.82, 2.24) is 0 Å². The van der Waals surface area contributed by atoms with Crippen LogP contribution in [0.4, 0.5) is 0 Å². The first kappa shape index (κ1) is 74.3. The molecule has 3 aliphatic heterocycles. The molecule has 14 nitrogen and oxygen atoms in total. The van der Waals surface area contributed by atoms with Gasteiger partial charge in [-0.3, -0.25) is 28.8 Å². The van der Waals surface area contributed by atoms with E-state index < -0.39 is 35.1 Å². The largest absolute Gasteiger partial charge is 0.507 e. The molecule has 0 saturated carbocycles. The van der Waals surface area contributed by atoms with Crippen LogP contribution in [0.3, 0.4) is 0 Å². The zero-order valence-electron chi connectivity index (χ0n) is 52.7. The smallest absolute Gasteiger partial charge is 0.314 e. The van der Waals surface area contributed by atoms with Crippen molar-refractivity contribution in [3.63, 3.8) is 0 Å². The van der Waals surface area contributed by atoms with Crippen molar-refractivity contribution in [2.75, 3.05) is 26.4 Å². The number of aromatic hydroxyl groups is 1. The second-order valence-electron chi connectivity index (χ2n) is 23.8. The maximum atomic E-state index is 13.2. The number of phenols is 1. The van der Waals surface area contributed by atoms with E-state index in [0.717, 1.165) is 128 Å². The lowest BCUT2D eigenvalue weighted by Crippen LogP contribution is -2.44. The number of fused-ring (bicyclic) bond motifs is 2. The Hall–Kier alpha value is -4.82. The average Bonchev–Trinajstić information content (AvgIpc) is 4.01. The highest BCUT2D eigenvalue weighted by Gasteiger charge is 2.41. The van der Waals surface area contributed by atoms with Gasteiger partial charge in [0.15, 0.2) is 22.8 Å². The molecule has 5 rings (SSSR count). The third-order valence-electron chi connectivity index (χ3n) is 16.9. The highest BCUT2D eigenvalue weighted by atomic mass is 16.6. The number of aliphatic carboxylic acids is 1. The summed E-state index contributed by atoms with van der Waals surface area (Å²) in [5.41, 5.74) is 5.53. The van der Waals surface area contributed by atoms with Crippen molar-refractivity contribution in [3.8, 4) is 23.0 Å². The van der Waals surface area contributed by atoms with E-state index in [9.17, 15) is 33.9 Å². The molecule has 2 atom stereocenters. The molecule has 0 spiro atoms.